The van der Waals surface area contributed by atoms with E-state index in [1.54, 1.807) is 29.2 Å². The third-order valence-corrected chi connectivity index (χ3v) is 4.64. The summed E-state index contributed by atoms with van der Waals surface area (Å²) in [5, 5.41) is 9.20. The summed E-state index contributed by atoms with van der Waals surface area (Å²) in [6.07, 6.45) is -2.87. The molecule has 27 heavy (non-hydrogen) atoms. The van der Waals surface area contributed by atoms with Gasteiger partial charge in [0.05, 0.1) is 28.0 Å². The molecule has 0 saturated carbocycles. The van der Waals surface area contributed by atoms with Crippen molar-refractivity contribution in [3.63, 3.8) is 0 Å². The molecule has 4 nitrogen and oxygen atoms in total. The van der Waals surface area contributed by atoms with Gasteiger partial charge >= 0.3 is 6.18 Å². The number of rotatable bonds is 7. The van der Waals surface area contributed by atoms with Crippen LogP contribution in [0.2, 0.25) is 0 Å². The molecule has 2 rings (SSSR count). The van der Waals surface area contributed by atoms with Gasteiger partial charge in [-0.3, -0.25) is 4.79 Å². The van der Waals surface area contributed by atoms with Gasteiger partial charge in [-0.2, -0.15) is 18.4 Å². The molecule has 0 aliphatic rings. The van der Waals surface area contributed by atoms with Gasteiger partial charge in [0.15, 0.2) is 0 Å². The Labute approximate surface area is 160 Å². The first-order chi connectivity index (χ1) is 12.8. The molecule has 8 heteroatoms. The topological polar surface area (TPSA) is 57.0 Å². The highest BCUT2D eigenvalue weighted by Crippen LogP contribution is 2.29. The predicted molar refractivity (Wildman–Crippen MR) is 96.8 cm³/mol. The molecule has 0 unspecified atom stereocenters. The van der Waals surface area contributed by atoms with Gasteiger partial charge in [0, 0.05) is 19.3 Å². The number of carbonyl (C=O) groups is 1. The van der Waals surface area contributed by atoms with Gasteiger partial charge in [0.1, 0.15) is 0 Å². The van der Waals surface area contributed by atoms with Crippen LogP contribution in [0.25, 0.3) is 0 Å². The Morgan fingerprint density at radius 3 is 2.44 bits per heavy atom. The molecule has 0 saturated heterocycles. The Balaban J connectivity index is 1.96. The average Bonchev–Trinajstić information content (AvgIpc) is 2.66. The number of thioether (sulfide) groups is 1. The lowest BCUT2D eigenvalue weighted by Crippen LogP contribution is -2.32. The fraction of sp³-hybridized carbons (Fsp3) is 0.316. The summed E-state index contributed by atoms with van der Waals surface area (Å²) in [5.74, 6) is -0.0258. The molecule has 0 aliphatic heterocycles. The van der Waals surface area contributed by atoms with Crippen LogP contribution in [0, 0.1) is 11.3 Å². The molecule has 0 fully saturated rings. The van der Waals surface area contributed by atoms with Crippen molar-refractivity contribution in [1.29, 1.82) is 5.26 Å². The first-order valence-electron chi connectivity index (χ1n) is 8.26. The van der Waals surface area contributed by atoms with E-state index in [2.05, 4.69) is 4.98 Å². The summed E-state index contributed by atoms with van der Waals surface area (Å²) in [6.45, 7) is 2.95. The first kappa shape index (κ1) is 20.8. The highest BCUT2D eigenvalue weighted by atomic mass is 32.2. The second-order valence-corrected chi connectivity index (χ2v) is 6.79. The van der Waals surface area contributed by atoms with E-state index in [-0.39, 0.29) is 11.7 Å². The minimum Gasteiger partial charge on any atom is -0.338 e. The van der Waals surface area contributed by atoms with E-state index in [0.29, 0.717) is 23.7 Å². The zero-order valence-corrected chi connectivity index (χ0v) is 15.5. The van der Waals surface area contributed by atoms with E-state index in [9.17, 15) is 18.0 Å². The molecule has 1 heterocycles. The van der Waals surface area contributed by atoms with Crippen LogP contribution in [0.1, 0.15) is 30.0 Å². The largest absolute Gasteiger partial charge is 0.417 e. The van der Waals surface area contributed by atoms with Crippen LogP contribution >= 0.6 is 11.8 Å². The van der Waals surface area contributed by atoms with Gasteiger partial charge in [-0.25, -0.2) is 4.98 Å². The van der Waals surface area contributed by atoms with E-state index in [1.807, 2.05) is 13.0 Å². The molecule has 142 valence electrons. The maximum absolute atomic E-state index is 12.6. The minimum absolute atomic E-state index is 0.0919. The third-order valence-electron chi connectivity index (χ3n) is 3.71. The number of halogens is 3. The van der Waals surface area contributed by atoms with Gasteiger partial charge in [-0.15, -0.1) is 0 Å². The fourth-order valence-corrected chi connectivity index (χ4v) is 3.07. The predicted octanol–water partition coefficient (Wildman–Crippen LogP) is 4.50. The first-order valence-corrected chi connectivity index (χ1v) is 9.25. The standard InChI is InChI=1S/C19H18F3N3OS/c1-2-9-25(12-15-5-3-14(10-23)4-6-15)18(26)13-27-17-8-7-16(11-24-17)19(20,21)22/h3-8,11H,2,9,12-13H2,1H3. The molecule has 1 amide bonds. The number of alkyl halides is 3. The molecule has 0 bridgehead atoms. The molecule has 0 aliphatic carbocycles. The van der Waals surface area contributed by atoms with Crippen LogP contribution in [-0.2, 0) is 17.5 Å². The SMILES string of the molecule is CCCN(Cc1ccc(C#N)cc1)C(=O)CSc1ccc(C(F)(F)F)cn1. The van der Waals surface area contributed by atoms with E-state index in [0.717, 1.165) is 36.0 Å². The maximum Gasteiger partial charge on any atom is 0.417 e. The van der Waals surface area contributed by atoms with Crippen molar-refractivity contribution in [1.82, 2.24) is 9.88 Å². The van der Waals surface area contributed by atoms with Gasteiger partial charge < -0.3 is 4.90 Å². The molecule has 0 spiro atoms. The molecule has 0 N–H and O–H groups in total. The monoisotopic (exact) mass is 393 g/mol. The number of amides is 1. The van der Waals surface area contributed by atoms with Crippen LogP contribution < -0.4 is 0 Å². The van der Waals surface area contributed by atoms with Gasteiger partial charge in [0.25, 0.3) is 0 Å². The van der Waals surface area contributed by atoms with Crippen LogP contribution in [-0.4, -0.2) is 28.1 Å². The second kappa shape index (κ2) is 9.42. The molecule has 1 aromatic heterocycles. The number of hydrogen-bond donors (Lipinski definition) is 0. The van der Waals surface area contributed by atoms with Crippen LogP contribution in [0.15, 0.2) is 47.6 Å². The Bertz CT molecular complexity index is 799. The zero-order chi connectivity index (χ0) is 19.9. The van der Waals surface area contributed by atoms with Gasteiger partial charge in [0.2, 0.25) is 5.91 Å². The van der Waals surface area contributed by atoms with E-state index >= 15 is 0 Å². The Hall–Kier alpha value is -2.53. The van der Waals surface area contributed by atoms with Crippen molar-refractivity contribution in [2.24, 2.45) is 0 Å². The second-order valence-electron chi connectivity index (χ2n) is 5.80. The summed E-state index contributed by atoms with van der Waals surface area (Å²) < 4.78 is 37.7. The Kier molecular flexibility index (Phi) is 7.25. The van der Waals surface area contributed by atoms with Crippen molar-refractivity contribution in [3.8, 4) is 6.07 Å². The molecule has 1 aromatic carbocycles. The smallest absolute Gasteiger partial charge is 0.338 e. The summed E-state index contributed by atoms with van der Waals surface area (Å²) in [5.41, 5.74) is 0.649. The maximum atomic E-state index is 12.6. The summed E-state index contributed by atoms with van der Waals surface area (Å²) in [6, 6.07) is 11.3. The van der Waals surface area contributed by atoms with Crippen molar-refractivity contribution in [3.05, 3.63) is 59.3 Å². The van der Waals surface area contributed by atoms with Gasteiger partial charge in [-0.1, -0.05) is 30.8 Å². The number of nitrogens with zero attached hydrogens (tertiary/aromatic N) is 3. The van der Waals surface area contributed by atoms with Crippen LogP contribution in [0.4, 0.5) is 13.2 Å². The Morgan fingerprint density at radius 1 is 1.22 bits per heavy atom. The van der Waals surface area contributed by atoms with E-state index in [4.69, 9.17) is 5.26 Å². The molecule has 0 atom stereocenters. The fourth-order valence-electron chi connectivity index (χ4n) is 2.33. The molecular formula is C19H18F3N3OS. The van der Waals surface area contributed by atoms with Crippen LogP contribution in [0.3, 0.4) is 0 Å². The Morgan fingerprint density at radius 2 is 1.93 bits per heavy atom. The molecule has 2 aromatic rings. The van der Waals surface area contributed by atoms with Gasteiger partial charge in [-0.05, 0) is 36.2 Å². The number of aromatic nitrogens is 1. The number of nitriles is 1. The summed E-state index contributed by atoms with van der Waals surface area (Å²) in [7, 11) is 0. The van der Waals surface area contributed by atoms with Crippen molar-refractivity contribution >= 4 is 17.7 Å². The van der Waals surface area contributed by atoms with E-state index < -0.39 is 11.7 Å². The lowest BCUT2D eigenvalue weighted by molar-refractivity contribution is -0.138. The summed E-state index contributed by atoms with van der Waals surface area (Å²) >= 11 is 1.11. The van der Waals surface area contributed by atoms with E-state index in [1.165, 1.54) is 6.07 Å². The average molecular weight is 393 g/mol. The lowest BCUT2D eigenvalue weighted by atomic mass is 10.1. The minimum atomic E-state index is -4.43. The summed E-state index contributed by atoms with van der Waals surface area (Å²) in [4.78, 5) is 18.0. The molecule has 0 radical (unpaired) electrons. The van der Waals surface area contributed by atoms with Crippen molar-refractivity contribution in [2.45, 2.75) is 31.1 Å². The third kappa shape index (κ3) is 6.29. The molecular weight excluding hydrogens is 375 g/mol. The van der Waals surface area contributed by atoms with Crippen molar-refractivity contribution in [2.75, 3.05) is 12.3 Å². The highest BCUT2D eigenvalue weighted by molar-refractivity contribution is 7.99. The number of benzene rings is 1. The zero-order valence-electron chi connectivity index (χ0n) is 14.7. The highest BCUT2D eigenvalue weighted by Gasteiger charge is 2.30. The normalized spacial score (nSPS) is 11.1. The number of carbonyl (C=O) groups excluding carboxylic acids is 1. The lowest BCUT2D eigenvalue weighted by Gasteiger charge is -2.22. The number of pyridine rings is 1. The van der Waals surface area contributed by atoms with Crippen LogP contribution in [0.5, 0.6) is 0 Å². The number of hydrogen-bond acceptors (Lipinski definition) is 4. The quantitative estimate of drug-likeness (QED) is 0.650. The van der Waals surface area contributed by atoms with Crippen molar-refractivity contribution < 1.29 is 18.0 Å².